The summed E-state index contributed by atoms with van der Waals surface area (Å²) >= 11 is 0. The standard InChI is InChI=1S/C16H16N2O/c17-16(18)13-7-9-15-12(10-13)6-8-14(19-15)11-4-2-1-3-5-11/h1-5,7,9-10,14H,6,8H2,(H3,17,18). The van der Waals surface area contributed by atoms with Gasteiger partial charge in [-0.15, -0.1) is 0 Å². The summed E-state index contributed by atoms with van der Waals surface area (Å²) in [7, 11) is 0. The number of hydrogen-bond donors (Lipinski definition) is 2. The molecule has 1 aliphatic heterocycles. The van der Waals surface area contributed by atoms with Gasteiger partial charge in [-0.1, -0.05) is 30.3 Å². The molecule has 0 saturated heterocycles. The van der Waals surface area contributed by atoms with Crippen LogP contribution in [0.2, 0.25) is 0 Å². The Labute approximate surface area is 112 Å². The molecule has 0 radical (unpaired) electrons. The van der Waals surface area contributed by atoms with Gasteiger partial charge < -0.3 is 10.5 Å². The number of nitrogens with two attached hydrogens (primary N) is 1. The van der Waals surface area contributed by atoms with Gasteiger partial charge in [0, 0.05) is 5.56 Å². The van der Waals surface area contributed by atoms with Crippen LogP contribution < -0.4 is 10.5 Å². The Morgan fingerprint density at radius 3 is 2.68 bits per heavy atom. The van der Waals surface area contributed by atoms with Crippen molar-refractivity contribution in [3.63, 3.8) is 0 Å². The Hall–Kier alpha value is -2.29. The van der Waals surface area contributed by atoms with E-state index in [0.717, 1.165) is 29.7 Å². The molecule has 19 heavy (non-hydrogen) atoms. The first-order chi connectivity index (χ1) is 9.24. The van der Waals surface area contributed by atoms with Crippen LogP contribution in [0, 0.1) is 5.41 Å². The third-order valence-corrected chi connectivity index (χ3v) is 3.49. The highest BCUT2D eigenvalue weighted by molar-refractivity contribution is 5.95. The molecule has 3 N–H and O–H groups in total. The van der Waals surface area contributed by atoms with Crippen molar-refractivity contribution in [2.45, 2.75) is 18.9 Å². The van der Waals surface area contributed by atoms with Crippen LogP contribution in [0.1, 0.15) is 29.2 Å². The van der Waals surface area contributed by atoms with Gasteiger partial charge in [0.05, 0.1) is 0 Å². The fourth-order valence-electron chi connectivity index (χ4n) is 2.46. The quantitative estimate of drug-likeness (QED) is 0.637. The van der Waals surface area contributed by atoms with Gasteiger partial charge in [-0.05, 0) is 42.2 Å². The average molecular weight is 252 g/mol. The first-order valence-electron chi connectivity index (χ1n) is 6.43. The fourth-order valence-corrected chi connectivity index (χ4v) is 2.46. The molecule has 0 amide bonds. The van der Waals surface area contributed by atoms with Gasteiger partial charge in [0.15, 0.2) is 0 Å². The zero-order valence-electron chi connectivity index (χ0n) is 10.6. The van der Waals surface area contributed by atoms with E-state index in [9.17, 15) is 0 Å². The van der Waals surface area contributed by atoms with Crippen LogP contribution in [0.5, 0.6) is 5.75 Å². The normalized spacial score (nSPS) is 17.4. The lowest BCUT2D eigenvalue weighted by Crippen LogP contribution is -2.17. The molecule has 1 unspecified atom stereocenters. The van der Waals surface area contributed by atoms with Crippen molar-refractivity contribution in [2.75, 3.05) is 0 Å². The summed E-state index contributed by atoms with van der Waals surface area (Å²) in [6.07, 6.45) is 2.03. The van der Waals surface area contributed by atoms with Crippen molar-refractivity contribution in [2.24, 2.45) is 5.73 Å². The Bertz CT molecular complexity index is 607. The number of aryl methyl sites for hydroxylation is 1. The number of benzene rings is 2. The van der Waals surface area contributed by atoms with Crippen LogP contribution in [0.3, 0.4) is 0 Å². The molecule has 1 aliphatic rings. The second-order valence-electron chi connectivity index (χ2n) is 4.79. The van der Waals surface area contributed by atoms with E-state index in [4.69, 9.17) is 15.9 Å². The predicted molar refractivity (Wildman–Crippen MR) is 75.6 cm³/mol. The third kappa shape index (κ3) is 2.32. The highest BCUT2D eigenvalue weighted by Crippen LogP contribution is 2.35. The van der Waals surface area contributed by atoms with Crippen LogP contribution in [0.25, 0.3) is 0 Å². The Balaban J connectivity index is 1.87. The minimum absolute atomic E-state index is 0.105. The molecule has 3 heteroatoms. The monoisotopic (exact) mass is 252 g/mol. The topological polar surface area (TPSA) is 59.1 Å². The number of hydrogen-bond acceptors (Lipinski definition) is 2. The highest BCUT2D eigenvalue weighted by Gasteiger charge is 2.21. The number of ether oxygens (including phenoxy) is 1. The lowest BCUT2D eigenvalue weighted by Gasteiger charge is -2.26. The Morgan fingerprint density at radius 2 is 1.95 bits per heavy atom. The van der Waals surface area contributed by atoms with Gasteiger partial charge in [0.1, 0.15) is 17.7 Å². The molecule has 3 rings (SSSR count). The molecule has 1 heterocycles. The minimum atomic E-state index is 0.105. The van der Waals surface area contributed by atoms with Crippen molar-refractivity contribution in [3.8, 4) is 5.75 Å². The Morgan fingerprint density at radius 1 is 1.16 bits per heavy atom. The molecule has 0 aliphatic carbocycles. The first kappa shape index (κ1) is 11.8. The van der Waals surface area contributed by atoms with Crippen molar-refractivity contribution in [1.29, 1.82) is 5.41 Å². The van der Waals surface area contributed by atoms with E-state index >= 15 is 0 Å². The van der Waals surface area contributed by atoms with E-state index < -0.39 is 0 Å². The van der Waals surface area contributed by atoms with Gasteiger partial charge in [0.25, 0.3) is 0 Å². The largest absolute Gasteiger partial charge is 0.485 e. The average Bonchev–Trinajstić information content (AvgIpc) is 2.47. The van der Waals surface area contributed by atoms with Gasteiger partial charge in [0.2, 0.25) is 0 Å². The number of nitrogens with one attached hydrogen (secondary N) is 1. The maximum absolute atomic E-state index is 7.46. The molecule has 0 aromatic heterocycles. The van der Waals surface area contributed by atoms with E-state index in [1.54, 1.807) is 0 Å². The molecule has 2 aromatic carbocycles. The summed E-state index contributed by atoms with van der Waals surface area (Å²) in [5, 5.41) is 7.46. The zero-order chi connectivity index (χ0) is 13.2. The molecular formula is C16H16N2O. The van der Waals surface area contributed by atoms with E-state index in [-0.39, 0.29) is 11.9 Å². The van der Waals surface area contributed by atoms with Gasteiger partial charge in [-0.2, -0.15) is 0 Å². The molecule has 0 spiro atoms. The fraction of sp³-hybridized carbons (Fsp3) is 0.188. The SMILES string of the molecule is N=C(N)c1ccc2c(c1)CCC(c1ccccc1)O2. The maximum atomic E-state index is 7.46. The van der Waals surface area contributed by atoms with Crippen LogP contribution >= 0.6 is 0 Å². The summed E-state index contributed by atoms with van der Waals surface area (Å²) < 4.78 is 6.04. The van der Waals surface area contributed by atoms with Crippen LogP contribution in [-0.2, 0) is 6.42 Å². The van der Waals surface area contributed by atoms with Crippen molar-refractivity contribution < 1.29 is 4.74 Å². The molecular weight excluding hydrogens is 236 g/mol. The maximum Gasteiger partial charge on any atom is 0.124 e. The smallest absolute Gasteiger partial charge is 0.124 e. The molecule has 0 saturated carbocycles. The van der Waals surface area contributed by atoms with Crippen molar-refractivity contribution >= 4 is 5.84 Å². The van der Waals surface area contributed by atoms with E-state index in [2.05, 4.69) is 12.1 Å². The predicted octanol–water partition coefficient (Wildman–Crippen LogP) is 3.04. The van der Waals surface area contributed by atoms with E-state index in [1.165, 1.54) is 5.56 Å². The van der Waals surface area contributed by atoms with Gasteiger partial charge in [-0.3, -0.25) is 5.41 Å². The van der Waals surface area contributed by atoms with Crippen LogP contribution in [0.15, 0.2) is 48.5 Å². The van der Waals surface area contributed by atoms with Crippen molar-refractivity contribution in [1.82, 2.24) is 0 Å². The zero-order valence-corrected chi connectivity index (χ0v) is 10.6. The third-order valence-electron chi connectivity index (χ3n) is 3.49. The summed E-state index contributed by atoms with van der Waals surface area (Å²) in [6, 6.07) is 16.0. The minimum Gasteiger partial charge on any atom is -0.485 e. The van der Waals surface area contributed by atoms with Gasteiger partial charge in [-0.25, -0.2) is 0 Å². The van der Waals surface area contributed by atoms with Crippen LogP contribution in [0.4, 0.5) is 0 Å². The summed E-state index contributed by atoms with van der Waals surface area (Å²) in [5.41, 5.74) is 8.62. The molecule has 0 bridgehead atoms. The molecule has 1 atom stereocenters. The summed E-state index contributed by atoms with van der Waals surface area (Å²) in [6.45, 7) is 0. The molecule has 2 aromatic rings. The number of nitrogen functional groups attached to an aromatic ring is 1. The first-order valence-corrected chi connectivity index (χ1v) is 6.43. The molecule has 96 valence electrons. The van der Waals surface area contributed by atoms with Gasteiger partial charge >= 0.3 is 0 Å². The highest BCUT2D eigenvalue weighted by atomic mass is 16.5. The van der Waals surface area contributed by atoms with E-state index in [1.807, 2.05) is 36.4 Å². The molecule has 0 fully saturated rings. The summed E-state index contributed by atoms with van der Waals surface area (Å²) in [4.78, 5) is 0. The number of fused-ring (bicyclic) bond motifs is 1. The Kier molecular flexibility index (Phi) is 2.95. The lowest BCUT2D eigenvalue weighted by molar-refractivity contribution is 0.176. The summed E-state index contributed by atoms with van der Waals surface area (Å²) in [5.74, 6) is 1.01. The lowest BCUT2D eigenvalue weighted by atomic mass is 9.96. The van der Waals surface area contributed by atoms with E-state index in [0.29, 0.717) is 0 Å². The second kappa shape index (κ2) is 4.76. The number of amidine groups is 1. The number of rotatable bonds is 2. The molecule has 3 nitrogen and oxygen atoms in total. The van der Waals surface area contributed by atoms with Crippen LogP contribution in [-0.4, -0.2) is 5.84 Å². The van der Waals surface area contributed by atoms with Crippen molar-refractivity contribution in [3.05, 3.63) is 65.2 Å². The second-order valence-corrected chi connectivity index (χ2v) is 4.79.